The van der Waals surface area contributed by atoms with Crippen molar-refractivity contribution in [2.75, 3.05) is 12.4 Å². The molecule has 2 N–H and O–H groups in total. The predicted octanol–water partition coefficient (Wildman–Crippen LogP) is 3.55. The molecule has 0 fully saturated rings. The standard InChI is InChI=1S/C16H21N3OS/c1-10(2)14-5-12(6-15(17-4)19-14)16(20)18-7-13-9-21-8-11(13)3/h5-6,8-10H,7H2,1-4H3,(H,17,19)(H,18,20). The minimum absolute atomic E-state index is 0.0681. The molecule has 2 aromatic heterocycles. The lowest BCUT2D eigenvalue weighted by atomic mass is 10.1. The number of nitrogens with zero attached hydrogens (tertiary/aromatic N) is 1. The van der Waals surface area contributed by atoms with E-state index in [0.29, 0.717) is 12.1 Å². The molecule has 112 valence electrons. The zero-order valence-electron chi connectivity index (χ0n) is 12.9. The SMILES string of the molecule is CNc1cc(C(=O)NCc2cscc2C)cc(C(C)C)n1. The summed E-state index contributed by atoms with van der Waals surface area (Å²) in [6.45, 7) is 6.75. The minimum Gasteiger partial charge on any atom is -0.373 e. The first-order valence-electron chi connectivity index (χ1n) is 7.01. The molecule has 0 aromatic carbocycles. The monoisotopic (exact) mass is 303 g/mol. The Bertz CT molecular complexity index is 634. The van der Waals surface area contributed by atoms with Crippen molar-refractivity contribution in [1.29, 1.82) is 0 Å². The summed E-state index contributed by atoms with van der Waals surface area (Å²) >= 11 is 1.65. The maximum Gasteiger partial charge on any atom is 0.251 e. The highest BCUT2D eigenvalue weighted by molar-refractivity contribution is 7.08. The van der Waals surface area contributed by atoms with Crippen LogP contribution in [0.5, 0.6) is 0 Å². The fourth-order valence-electron chi connectivity index (χ4n) is 1.95. The normalized spacial score (nSPS) is 10.7. The van der Waals surface area contributed by atoms with Gasteiger partial charge in [0.05, 0.1) is 0 Å². The number of pyridine rings is 1. The first-order valence-corrected chi connectivity index (χ1v) is 7.95. The molecule has 1 amide bonds. The lowest BCUT2D eigenvalue weighted by Gasteiger charge is -2.11. The molecule has 0 aliphatic rings. The summed E-state index contributed by atoms with van der Waals surface area (Å²) in [5.74, 6) is 0.934. The van der Waals surface area contributed by atoms with Crippen LogP contribution in [0.2, 0.25) is 0 Å². The number of aryl methyl sites for hydroxylation is 1. The van der Waals surface area contributed by atoms with E-state index in [2.05, 4.69) is 47.1 Å². The van der Waals surface area contributed by atoms with Crippen LogP contribution in [0.4, 0.5) is 5.82 Å². The molecule has 2 heterocycles. The number of rotatable bonds is 5. The molecule has 0 saturated heterocycles. The lowest BCUT2D eigenvalue weighted by molar-refractivity contribution is 0.0950. The summed E-state index contributed by atoms with van der Waals surface area (Å²) in [5, 5.41) is 10.1. The molecular weight excluding hydrogens is 282 g/mol. The Morgan fingerprint density at radius 3 is 2.67 bits per heavy atom. The number of carbonyl (C=O) groups is 1. The van der Waals surface area contributed by atoms with Crippen LogP contribution in [0.3, 0.4) is 0 Å². The summed E-state index contributed by atoms with van der Waals surface area (Å²) in [6, 6.07) is 3.64. The maximum absolute atomic E-state index is 12.3. The van der Waals surface area contributed by atoms with Crippen molar-refractivity contribution < 1.29 is 4.79 Å². The Hall–Kier alpha value is -1.88. The van der Waals surface area contributed by atoms with Crippen LogP contribution in [0, 0.1) is 6.92 Å². The molecule has 2 rings (SSSR count). The summed E-state index contributed by atoms with van der Waals surface area (Å²) < 4.78 is 0. The van der Waals surface area contributed by atoms with E-state index in [9.17, 15) is 4.79 Å². The average Bonchev–Trinajstić information content (AvgIpc) is 2.89. The molecule has 4 nitrogen and oxygen atoms in total. The molecule has 5 heteroatoms. The predicted molar refractivity (Wildman–Crippen MR) is 88.1 cm³/mol. The second-order valence-corrected chi connectivity index (χ2v) is 6.08. The Kier molecular flexibility index (Phi) is 4.96. The Morgan fingerprint density at radius 1 is 1.33 bits per heavy atom. The highest BCUT2D eigenvalue weighted by Gasteiger charge is 2.12. The second-order valence-electron chi connectivity index (χ2n) is 5.33. The number of carbonyl (C=O) groups excluding carboxylic acids is 1. The van der Waals surface area contributed by atoms with Crippen molar-refractivity contribution in [2.45, 2.75) is 33.2 Å². The smallest absolute Gasteiger partial charge is 0.251 e. The van der Waals surface area contributed by atoms with Gasteiger partial charge in [0.15, 0.2) is 0 Å². The summed E-state index contributed by atoms with van der Waals surface area (Å²) in [7, 11) is 1.81. The van der Waals surface area contributed by atoms with Crippen LogP contribution in [0.25, 0.3) is 0 Å². The quantitative estimate of drug-likeness (QED) is 0.888. The summed E-state index contributed by atoms with van der Waals surface area (Å²) in [4.78, 5) is 16.8. The number of hydrogen-bond donors (Lipinski definition) is 2. The van der Waals surface area contributed by atoms with Crippen molar-refractivity contribution in [3.05, 3.63) is 45.3 Å². The van der Waals surface area contributed by atoms with Crippen molar-refractivity contribution >= 4 is 23.1 Å². The summed E-state index contributed by atoms with van der Waals surface area (Å²) in [5.41, 5.74) is 3.94. The van der Waals surface area contributed by atoms with Crippen LogP contribution >= 0.6 is 11.3 Å². The fourth-order valence-corrected chi connectivity index (χ4v) is 2.81. The van der Waals surface area contributed by atoms with Crippen LogP contribution in [0.15, 0.2) is 22.9 Å². The third kappa shape index (κ3) is 3.82. The van der Waals surface area contributed by atoms with E-state index in [1.807, 2.05) is 13.1 Å². The van der Waals surface area contributed by atoms with Crippen LogP contribution < -0.4 is 10.6 Å². The van der Waals surface area contributed by atoms with Crippen molar-refractivity contribution in [3.8, 4) is 0 Å². The van der Waals surface area contributed by atoms with E-state index >= 15 is 0 Å². The zero-order chi connectivity index (χ0) is 15.4. The number of anilines is 1. The Labute approximate surface area is 129 Å². The molecule has 0 bridgehead atoms. The maximum atomic E-state index is 12.3. The number of hydrogen-bond acceptors (Lipinski definition) is 4. The largest absolute Gasteiger partial charge is 0.373 e. The molecule has 0 radical (unpaired) electrons. The fraction of sp³-hybridized carbons (Fsp3) is 0.375. The third-order valence-corrected chi connectivity index (χ3v) is 4.27. The number of aromatic nitrogens is 1. The van der Waals surface area contributed by atoms with Gasteiger partial charge in [-0.15, -0.1) is 0 Å². The lowest BCUT2D eigenvalue weighted by Crippen LogP contribution is -2.23. The molecule has 0 spiro atoms. The molecule has 0 atom stereocenters. The van der Waals surface area contributed by atoms with E-state index in [0.717, 1.165) is 11.5 Å². The van der Waals surface area contributed by atoms with Crippen molar-refractivity contribution in [1.82, 2.24) is 10.3 Å². The van der Waals surface area contributed by atoms with Gasteiger partial charge in [-0.3, -0.25) is 4.79 Å². The molecule has 0 aliphatic carbocycles. The molecule has 0 aliphatic heterocycles. The van der Waals surface area contributed by atoms with E-state index in [-0.39, 0.29) is 11.8 Å². The first kappa shape index (κ1) is 15.5. The Balaban J connectivity index is 2.14. The van der Waals surface area contributed by atoms with Crippen molar-refractivity contribution in [2.24, 2.45) is 0 Å². The highest BCUT2D eigenvalue weighted by atomic mass is 32.1. The van der Waals surface area contributed by atoms with Gasteiger partial charge in [-0.1, -0.05) is 13.8 Å². The van der Waals surface area contributed by atoms with Gasteiger partial charge < -0.3 is 10.6 Å². The van der Waals surface area contributed by atoms with Gasteiger partial charge in [0.25, 0.3) is 5.91 Å². The highest BCUT2D eigenvalue weighted by Crippen LogP contribution is 2.18. The molecule has 0 unspecified atom stereocenters. The van der Waals surface area contributed by atoms with E-state index < -0.39 is 0 Å². The van der Waals surface area contributed by atoms with E-state index in [4.69, 9.17) is 0 Å². The van der Waals surface area contributed by atoms with Crippen molar-refractivity contribution in [3.63, 3.8) is 0 Å². The van der Waals surface area contributed by atoms with Gasteiger partial charge in [0.1, 0.15) is 5.82 Å². The van der Waals surface area contributed by atoms with Crippen LogP contribution in [-0.2, 0) is 6.54 Å². The van der Waals surface area contributed by atoms with E-state index in [1.54, 1.807) is 17.4 Å². The van der Waals surface area contributed by atoms with E-state index in [1.165, 1.54) is 11.1 Å². The number of nitrogens with one attached hydrogen (secondary N) is 2. The zero-order valence-corrected chi connectivity index (χ0v) is 13.7. The molecule has 0 saturated carbocycles. The van der Waals surface area contributed by atoms with Gasteiger partial charge in [-0.2, -0.15) is 11.3 Å². The average molecular weight is 303 g/mol. The second kappa shape index (κ2) is 6.72. The Morgan fingerprint density at radius 2 is 2.10 bits per heavy atom. The molecule has 21 heavy (non-hydrogen) atoms. The topological polar surface area (TPSA) is 54.0 Å². The van der Waals surface area contributed by atoms with Crippen LogP contribution in [-0.4, -0.2) is 17.9 Å². The van der Waals surface area contributed by atoms with Gasteiger partial charge in [-0.05, 0) is 46.9 Å². The van der Waals surface area contributed by atoms with Gasteiger partial charge in [0, 0.05) is 24.8 Å². The summed E-state index contributed by atoms with van der Waals surface area (Å²) in [6.07, 6.45) is 0. The first-order chi connectivity index (χ1) is 10.0. The van der Waals surface area contributed by atoms with Gasteiger partial charge >= 0.3 is 0 Å². The minimum atomic E-state index is -0.0681. The number of amides is 1. The molecule has 2 aromatic rings. The van der Waals surface area contributed by atoms with Gasteiger partial charge in [-0.25, -0.2) is 4.98 Å². The van der Waals surface area contributed by atoms with Gasteiger partial charge in [0.2, 0.25) is 0 Å². The van der Waals surface area contributed by atoms with Crippen LogP contribution in [0.1, 0.15) is 46.9 Å². The third-order valence-electron chi connectivity index (χ3n) is 3.36. The molecular formula is C16H21N3OS. The number of thiophene rings is 1.